The second kappa shape index (κ2) is 7.34. The monoisotopic (exact) mass is 315 g/mol. The van der Waals surface area contributed by atoms with Crippen LogP contribution in [0.5, 0.6) is 5.75 Å². The molecule has 1 aromatic carbocycles. The molecule has 0 amide bonds. The average Bonchev–Trinajstić information content (AvgIpc) is 2.28. The summed E-state index contributed by atoms with van der Waals surface area (Å²) in [6.45, 7) is 1.32. The van der Waals surface area contributed by atoms with Gasteiger partial charge in [0.05, 0.1) is 0 Å². The van der Waals surface area contributed by atoms with Gasteiger partial charge in [-0.1, -0.05) is 0 Å². The molecule has 0 bridgehead atoms. The topological polar surface area (TPSA) is 73.2 Å². The normalized spacial score (nSPS) is 12.3. The summed E-state index contributed by atoms with van der Waals surface area (Å²) in [4.78, 5) is 28.4. The van der Waals surface area contributed by atoms with Gasteiger partial charge in [0.2, 0.25) is 0 Å². The number of alkyl halides is 2. The number of rotatable bonds is 7. The van der Waals surface area contributed by atoms with Gasteiger partial charge in [-0.3, -0.25) is 0 Å². The fourth-order valence-electron chi connectivity index (χ4n) is 1.46. The molecule has 5 nitrogen and oxygen atoms in total. The van der Waals surface area contributed by atoms with Gasteiger partial charge in [0, 0.05) is 0 Å². The minimum atomic E-state index is -4.53. The van der Waals surface area contributed by atoms with Crippen molar-refractivity contribution < 1.29 is 19.2 Å². The van der Waals surface area contributed by atoms with Crippen LogP contribution in [0.1, 0.15) is 0 Å². The summed E-state index contributed by atoms with van der Waals surface area (Å²) in [5, 5.41) is 0. The number of nitrogens with zero attached hydrogens (tertiary/aromatic N) is 1. The van der Waals surface area contributed by atoms with Crippen LogP contribution in [0.4, 0.5) is 5.69 Å². The molecular formula is C10H16Cl2NO4P. The van der Waals surface area contributed by atoms with Gasteiger partial charge < -0.3 is 0 Å². The van der Waals surface area contributed by atoms with Crippen molar-refractivity contribution in [3.05, 3.63) is 24.3 Å². The molecule has 104 valence electrons. The molecule has 3 N–H and O–H groups in total. The third-order valence-electron chi connectivity index (χ3n) is 2.17. The fraction of sp³-hybridized carbons (Fsp3) is 0.400. The Labute approximate surface area is 116 Å². The van der Waals surface area contributed by atoms with Crippen LogP contribution in [0.2, 0.25) is 0 Å². The maximum absolute atomic E-state index is 8.80. The maximum atomic E-state index is 8.80. The van der Waals surface area contributed by atoms with E-state index in [1.165, 1.54) is 12.1 Å². The van der Waals surface area contributed by atoms with Crippen molar-refractivity contribution in [1.29, 1.82) is 0 Å². The predicted molar refractivity (Wildman–Crippen MR) is 75.7 cm³/mol. The van der Waals surface area contributed by atoms with Crippen molar-refractivity contribution >= 4 is 37.1 Å². The Bertz CT molecular complexity index is 352. The van der Waals surface area contributed by atoms with Crippen LogP contribution in [0.25, 0.3) is 0 Å². The summed E-state index contributed by atoms with van der Waals surface area (Å²) < 4.78 is 4.59. The van der Waals surface area contributed by atoms with Gasteiger partial charge in [0.25, 0.3) is 0 Å². The first-order chi connectivity index (χ1) is 8.46. The summed E-state index contributed by atoms with van der Waals surface area (Å²) in [5.41, 5.74) is 0.893. The Kier molecular flexibility index (Phi) is 6.43. The van der Waals surface area contributed by atoms with Crippen molar-refractivity contribution in [3.8, 4) is 5.75 Å². The van der Waals surface area contributed by atoms with E-state index in [2.05, 4.69) is 4.52 Å². The fourth-order valence-corrected chi connectivity index (χ4v) is 2.32. The summed E-state index contributed by atoms with van der Waals surface area (Å²) in [5.74, 6) is 1.15. The van der Waals surface area contributed by atoms with E-state index in [9.17, 15) is 0 Å². The molecule has 0 atom stereocenters. The van der Waals surface area contributed by atoms with Crippen LogP contribution < -0.4 is 9.42 Å². The molecule has 0 aliphatic rings. The Morgan fingerprint density at radius 2 is 1.50 bits per heavy atom. The zero-order valence-corrected chi connectivity index (χ0v) is 12.1. The molecule has 0 aromatic heterocycles. The molecular weight excluding hydrogens is 300 g/mol. The van der Waals surface area contributed by atoms with Gasteiger partial charge in [0.1, 0.15) is 0 Å². The van der Waals surface area contributed by atoms with Gasteiger partial charge in [-0.2, -0.15) is 0 Å². The number of anilines is 1. The standard InChI is InChI=1S/C10H16Cl2NO4P/c11-5-7-13(8-6-12)9-1-3-10(4-2-9)17-18(14,15)16/h1-4,14-16,18H,5-8H2. The molecule has 8 heteroatoms. The SMILES string of the molecule is O[PH](O)(O)Oc1ccc(N(CCCl)CCCl)cc1. The first-order valence-electron chi connectivity index (χ1n) is 5.29. The van der Waals surface area contributed by atoms with Crippen molar-refractivity contribution in [2.75, 3.05) is 29.7 Å². The van der Waals surface area contributed by atoms with E-state index in [1.807, 2.05) is 4.90 Å². The molecule has 0 saturated heterocycles. The molecule has 0 radical (unpaired) electrons. The molecule has 0 aliphatic heterocycles. The van der Waals surface area contributed by atoms with Gasteiger partial charge >= 0.3 is 116 Å². The van der Waals surface area contributed by atoms with Crippen LogP contribution in [0.15, 0.2) is 24.3 Å². The van der Waals surface area contributed by atoms with Crippen LogP contribution in [-0.4, -0.2) is 39.5 Å². The number of hydrogen-bond donors (Lipinski definition) is 3. The average molecular weight is 316 g/mol. The molecule has 0 unspecified atom stereocenters. The van der Waals surface area contributed by atoms with Crippen LogP contribution in [0, 0.1) is 0 Å². The van der Waals surface area contributed by atoms with Gasteiger partial charge in [-0.15, -0.1) is 0 Å². The zero-order chi connectivity index (χ0) is 13.6. The predicted octanol–water partition coefficient (Wildman–Crippen LogP) is 1.74. The van der Waals surface area contributed by atoms with Crippen molar-refractivity contribution in [1.82, 2.24) is 0 Å². The van der Waals surface area contributed by atoms with Gasteiger partial charge in [-0.05, 0) is 0 Å². The third-order valence-corrected chi connectivity index (χ3v) is 3.01. The van der Waals surface area contributed by atoms with E-state index < -0.39 is 8.17 Å². The summed E-state index contributed by atoms with van der Waals surface area (Å²) in [7, 11) is -4.53. The van der Waals surface area contributed by atoms with Crippen LogP contribution in [0.3, 0.4) is 0 Å². The minimum absolute atomic E-state index is 0.189. The summed E-state index contributed by atoms with van der Waals surface area (Å²) in [6, 6.07) is 6.54. The second-order valence-electron chi connectivity index (χ2n) is 3.53. The zero-order valence-electron chi connectivity index (χ0n) is 9.59. The Morgan fingerprint density at radius 3 is 1.89 bits per heavy atom. The molecule has 0 saturated carbocycles. The quantitative estimate of drug-likeness (QED) is 0.528. The van der Waals surface area contributed by atoms with E-state index in [0.29, 0.717) is 24.8 Å². The molecule has 0 fully saturated rings. The van der Waals surface area contributed by atoms with E-state index in [1.54, 1.807) is 12.1 Å². The van der Waals surface area contributed by atoms with Gasteiger partial charge in [0.15, 0.2) is 0 Å². The Morgan fingerprint density at radius 1 is 1.00 bits per heavy atom. The summed E-state index contributed by atoms with van der Waals surface area (Å²) in [6.07, 6.45) is 0. The second-order valence-corrected chi connectivity index (χ2v) is 5.64. The number of benzene rings is 1. The van der Waals surface area contributed by atoms with E-state index in [4.69, 9.17) is 37.9 Å². The van der Waals surface area contributed by atoms with Crippen molar-refractivity contribution in [2.45, 2.75) is 0 Å². The Balaban J connectivity index is 2.73. The first kappa shape index (κ1) is 15.8. The first-order valence-corrected chi connectivity index (χ1v) is 8.11. The van der Waals surface area contributed by atoms with Gasteiger partial charge in [-0.25, -0.2) is 0 Å². The Hall–Kier alpha value is -0.290. The molecule has 0 heterocycles. The van der Waals surface area contributed by atoms with Crippen LogP contribution in [-0.2, 0) is 0 Å². The molecule has 0 aliphatic carbocycles. The molecule has 1 rings (SSSR count). The van der Waals surface area contributed by atoms with E-state index >= 15 is 0 Å². The molecule has 1 aromatic rings. The van der Waals surface area contributed by atoms with Crippen molar-refractivity contribution in [3.63, 3.8) is 0 Å². The summed E-state index contributed by atoms with van der Waals surface area (Å²) >= 11 is 11.4. The van der Waals surface area contributed by atoms with E-state index in [-0.39, 0.29) is 5.75 Å². The van der Waals surface area contributed by atoms with Crippen molar-refractivity contribution in [2.24, 2.45) is 0 Å². The third kappa shape index (κ3) is 5.57. The van der Waals surface area contributed by atoms with Crippen LogP contribution >= 0.6 is 31.4 Å². The molecule has 18 heavy (non-hydrogen) atoms. The number of halogens is 2. The van der Waals surface area contributed by atoms with E-state index in [0.717, 1.165) is 5.69 Å². The number of hydrogen-bond acceptors (Lipinski definition) is 5. The molecule has 0 spiro atoms.